The van der Waals surface area contributed by atoms with Gasteiger partial charge >= 0.3 is 0 Å². The minimum Gasteiger partial charge on any atom is -0.340 e. The molecule has 116 valence electrons. The minimum absolute atomic E-state index is 0.0980. The van der Waals surface area contributed by atoms with Crippen LogP contribution >= 0.6 is 0 Å². The molecule has 1 atom stereocenters. The molecule has 0 radical (unpaired) electrons. The van der Waals surface area contributed by atoms with Crippen LogP contribution in [0.25, 0.3) is 0 Å². The molecule has 6 nitrogen and oxygen atoms in total. The van der Waals surface area contributed by atoms with Crippen molar-refractivity contribution in [2.45, 2.75) is 25.8 Å². The number of carbonyl (C=O) groups is 1. The van der Waals surface area contributed by atoms with E-state index in [-0.39, 0.29) is 17.7 Å². The average Bonchev–Trinajstić information content (AvgIpc) is 2.80. The van der Waals surface area contributed by atoms with E-state index in [9.17, 15) is 13.2 Å². The molecule has 0 aromatic carbocycles. The van der Waals surface area contributed by atoms with Gasteiger partial charge in [-0.25, -0.2) is 8.42 Å². The van der Waals surface area contributed by atoms with E-state index in [0.717, 1.165) is 32.7 Å². The second-order valence-corrected chi connectivity index (χ2v) is 7.79. The van der Waals surface area contributed by atoms with Crippen LogP contribution in [0.2, 0.25) is 0 Å². The van der Waals surface area contributed by atoms with Gasteiger partial charge in [0, 0.05) is 45.2 Å². The number of carbonyl (C=O) groups excluding carboxylic acids is 1. The summed E-state index contributed by atoms with van der Waals surface area (Å²) in [6.45, 7) is 6.79. The fourth-order valence-corrected chi connectivity index (χ4v) is 4.74. The highest BCUT2D eigenvalue weighted by molar-refractivity contribution is 7.91. The first-order valence-electron chi connectivity index (χ1n) is 7.45. The summed E-state index contributed by atoms with van der Waals surface area (Å²) >= 11 is 0. The van der Waals surface area contributed by atoms with E-state index in [0.29, 0.717) is 25.1 Å². The van der Waals surface area contributed by atoms with Gasteiger partial charge in [-0.05, 0) is 13.0 Å². The van der Waals surface area contributed by atoms with Gasteiger partial charge in [0.1, 0.15) is 0 Å². The first-order valence-corrected chi connectivity index (χ1v) is 9.27. The van der Waals surface area contributed by atoms with Crippen molar-refractivity contribution in [2.24, 2.45) is 0 Å². The maximum atomic E-state index is 12.1. The molecule has 0 saturated carbocycles. The van der Waals surface area contributed by atoms with Crippen molar-refractivity contribution in [1.82, 2.24) is 15.1 Å². The van der Waals surface area contributed by atoms with Crippen molar-refractivity contribution >= 4 is 15.7 Å². The monoisotopic (exact) mass is 303 g/mol. The van der Waals surface area contributed by atoms with Crippen LogP contribution in [0.5, 0.6) is 0 Å². The Hall–Kier alpha value is -0.660. The Morgan fingerprint density at radius 3 is 2.60 bits per heavy atom. The zero-order chi connectivity index (χ0) is 14.6. The molecule has 2 rings (SSSR count). The van der Waals surface area contributed by atoms with Gasteiger partial charge in [-0.3, -0.25) is 9.69 Å². The van der Waals surface area contributed by atoms with E-state index >= 15 is 0 Å². The van der Waals surface area contributed by atoms with Crippen LogP contribution in [-0.2, 0) is 14.6 Å². The van der Waals surface area contributed by atoms with Crippen LogP contribution in [0, 0.1) is 0 Å². The highest BCUT2D eigenvalue weighted by atomic mass is 32.2. The molecule has 0 aliphatic carbocycles. The lowest BCUT2D eigenvalue weighted by Gasteiger charge is -2.30. The predicted molar refractivity (Wildman–Crippen MR) is 78.4 cm³/mol. The zero-order valence-electron chi connectivity index (χ0n) is 12.2. The van der Waals surface area contributed by atoms with E-state index in [1.807, 2.05) is 11.8 Å². The van der Waals surface area contributed by atoms with Gasteiger partial charge in [-0.1, -0.05) is 6.92 Å². The third kappa shape index (κ3) is 4.17. The highest BCUT2D eigenvalue weighted by Crippen LogP contribution is 2.18. The molecule has 7 heteroatoms. The van der Waals surface area contributed by atoms with Gasteiger partial charge in [-0.15, -0.1) is 0 Å². The van der Waals surface area contributed by atoms with Crippen LogP contribution in [0.3, 0.4) is 0 Å². The Balaban J connectivity index is 1.80. The standard InChI is InChI=1S/C13H25N3O3S/c1-2-15(12-4-10-20(18,19)11-12)7-3-13(17)16-8-5-14-6-9-16/h12,14H,2-11H2,1H3. The average molecular weight is 303 g/mol. The van der Waals surface area contributed by atoms with Gasteiger partial charge < -0.3 is 10.2 Å². The molecule has 2 fully saturated rings. The summed E-state index contributed by atoms with van der Waals surface area (Å²) < 4.78 is 23.1. The Morgan fingerprint density at radius 1 is 1.35 bits per heavy atom. The summed E-state index contributed by atoms with van der Waals surface area (Å²) in [5.74, 6) is 0.730. The lowest BCUT2D eigenvalue weighted by atomic mass is 10.2. The molecule has 20 heavy (non-hydrogen) atoms. The zero-order valence-corrected chi connectivity index (χ0v) is 13.0. The SMILES string of the molecule is CCN(CCC(=O)N1CCNCC1)C1CCS(=O)(=O)C1. The van der Waals surface area contributed by atoms with Crippen molar-refractivity contribution in [1.29, 1.82) is 0 Å². The summed E-state index contributed by atoms with van der Waals surface area (Å²) in [6, 6.07) is 0.0980. The van der Waals surface area contributed by atoms with Gasteiger partial charge in [0.2, 0.25) is 5.91 Å². The van der Waals surface area contributed by atoms with Crippen molar-refractivity contribution in [3.05, 3.63) is 0 Å². The molecule has 1 amide bonds. The molecule has 2 aliphatic rings. The smallest absolute Gasteiger partial charge is 0.223 e. The van der Waals surface area contributed by atoms with Crippen molar-refractivity contribution in [2.75, 3.05) is 50.8 Å². The predicted octanol–water partition coefficient (Wildman–Crippen LogP) is -0.683. The number of rotatable bonds is 5. The molecule has 0 aromatic rings. The van der Waals surface area contributed by atoms with E-state index in [2.05, 4.69) is 10.2 Å². The second-order valence-electron chi connectivity index (χ2n) is 5.57. The van der Waals surface area contributed by atoms with E-state index in [4.69, 9.17) is 0 Å². The topological polar surface area (TPSA) is 69.7 Å². The molecular weight excluding hydrogens is 278 g/mol. The molecule has 2 saturated heterocycles. The number of hydrogen-bond acceptors (Lipinski definition) is 5. The summed E-state index contributed by atoms with van der Waals surface area (Å²) in [5, 5.41) is 3.23. The number of nitrogens with one attached hydrogen (secondary N) is 1. The third-order valence-corrected chi connectivity index (χ3v) is 5.96. The molecule has 0 bridgehead atoms. The van der Waals surface area contributed by atoms with Gasteiger partial charge in [0.05, 0.1) is 11.5 Å². The largest absolute Gasteiger partial charge is 0.340 e. The number of amides is 1. The summed E-state index contributed by atoms with van der Waals surface area (Å²) in [5.41, 5.74) is 0. The minimum atomic E-state index is -2.85. The second kappa shape index (κ2) is 6.87. The number of hydrogen-bond donors (Lipinski definition) is 1. The summed E-state index contributed by atoms with van der Waals surface area (Å²) in [4.78, 5) is 16.2. The van der Waals surface area contributed by atoms with Gasteiger partial charge in [-0.2, -0.15) is 0 Å². The Kier molecular flexibility index (Phi) is 5.40. The Labute approximate surface area is 121 Å². The van der Waals surface area contributed by atoms with Gasteiger partial charge in [0.25, 0.3) is 0 Å². The van der Waals surface area contributed by atoms with E-state index < -0.39 is 9.84 Å². The maximum absolute atomic E-state index is 12.1. The lowest BCUT2D eigenvalue weighted by Crippen LogP contribution is -2.47. The quantitative estimate of drug-likeness (QED) is 0.728. The summed E-state index contributed by atoms with van der Waals surface area (Å²) in [6.07, 6.45) is 1.20. The van der Waals surface area contributed by atoms with Gasteiger partial charge in [0.15, 0.2) is 9.84 Å². The molecule has 1 N–H and O–H groups in total. The molecule has 2 aliphatic heterocycles. The lowest BCUT2D eigenvalue weighted by molar-refractivity contribution is -0.132. The number of sulfone groups is 1. The first-order chi connectivity index (χ1) is 9.52. The number of nitrogens with zero attached hydrogens (tertiary/aromatic N) is 2. The Bertz CT molecular complexity index is 432. The normalized spacial score (nSPS) is 26.1. The molecule has 0 spiro atoms. The van der Waals surface area contributed by atoms with E-state index in [1.165, 1.54) is 0 Å². The molecular formula is C13H25N3O3S. The van der Waals surface area contributed by atoms with Crippen LogP contribution in [0.1, 0.15) is 19.8 Å². The third-order valence-electron chi connectivity index (χ3n) is 4.21. The maximum Gasteiger partial charge on any atom is 0.223 e. The molecule has 2 heterocycles. The Morgan fingerprint density at radius 2 is 2.05 bits per heavy atom. The van der Waals surface area contributed by atoms with E-state index in [1.54, 1.807) is 0 Å². The van der Waals surface area contributed by atoms with Crippen molar-refractivity contribution in [3.63, 3.8) is 0 Å². The first kappa shape index (κ1) is 15.7. The molecule has 1 unspecified atom stereocenters. The summed E-state index contributed by atoms with van der Waals surface area (Å²) in [7, 11) is -2.85. The van der Waals surface area contributed by atoms with Crippen molar-refractivity contribution < 1.29 is 13.2 Å². The van der Waals surface area contributed by atoms with Crippen LogP contribution in [-0.4, -0.2) is 80.9 Å². The van der Waals surface area contributed by atoms with Crippen LogP contribution < -0.4 is 5.32 Å². The number of piperazine rings is 1. The fourth-order valence-electron chi connectivity index (χ4n) is 2.97. The fraction of sp³-hybridized carbons (Fsp3) is 0.923. The van der Waals surface area contributed by atoms with Crippen LogP contribution in [0.15, 0.2) is 0 Å². The van der Waals surface area contributed by atoms with Crippen molar-refractivity contribution in [3.8, 4) is 0 Å². The highest BCUT2D eigenvalue weighted by Gasteiger charge is 2.31. The van der Waals surface area contributed by atoms with Crippen LogP contribution in [0.4, 0.5) is 0 Å². The molecule has 0 aromatic heterocycles.